The third-order valence-corrected chi connectivity index (χ3v) is 3.82. The third kappa shape index (κ3) is 3.95. The summed E-state index contributed by atoms with van der Waals surface area (Å²) in [6.45, 7) is 5.75. The van der Waals surface area contributed by atoms with Gasteiger partial charge in [0.1, 0.15) is 0 Å². The standard InChI is InChI=1S/C16H27N3O/c1-4-17-10-13-5-7-14(8-6-13)19-12-16(20)9-15(19)11-18(2)3/h5-8,15-17,20H,4,9-12H2,1-3H3. The zero-order chi connectivity index (χ0) is 14.5. The summed E-state index contributed by atoms with van der Waals surface area (Å²) in [6.07, 6.45) is 0.651. The van der Waals surface area contributed by atoms with Crippen LogP contribution in [0.5, 0.6) is 0 Å². The molecule has 0 spiro atoms. The lowest BCUT2D eigenvalue weighted by molar-refractivity contribution is 0.191. The molecule has 0 aromatic heterocycles. The van der Waals surface area contributed by atoms with Crippen LogP contribution in [0, 0.1) is 0 Å². The molecule has 1 heterocycles. The number of rotatable bonds is 6. The van der Waals surface area contributed by atoms with Gasteiger partial charge in [0, 0.05) is 31.4 Å². The van der Waals surface area contributed by atoms with E-state index >= 15 is 0 Å². The molecular weight excluding hydrogens is 250 g/mol. The van der Waals surface area contributed by atoms with Crippen molar-refractivity contribution in [3.8, 4) is 0 Å². The van der Waals surface area contributed by atoms with Crippen LogP contribution in [0.25, 0.3) is 0 Å². The molecule has 1 aliphatic rings. The number of aliphatic hydroxyl groups excluding tert-OH is 1. The van der Waals surface area contributed by atoms with Crippen molar-refractivity contribution in [3.05, 3.63) is 29.8 Å². The SMILES string of the molecule is CCNCc1ccc(N2CC(O)CC2CN(C)C)cc1. The van der Waals surface area contributed by atoms with Gasteiger partial charge in [0.05, 0.1) is 6.10 Å². The normalized spacial score (nSPS) is 22.8. The Morgan fingerprint density at radius 3 is 2.60 bits per heavy atom. The van der Waals surface area contributed by atoms with Gasteiger partial charge in [-0.25, -0.2) is 0 Å². The Labute approximate surface area is 122 Å². The largest absolute Gasteiger partial charge is 0.391 e. The van der Waals surface area contributed by atoms with Crippen LogP contribution < -0.4 is 10.2 Å². The summed E-state index contributed by atoms with van der Waals surface area (Å²) < 4.78 is 0. The Kier molecular flexibility index (Phi) is 5.40. The minimum Gasteiger partial charge on any atom is -0.391 e. The minimum atomic E-state index is -0.207. The number of nitrogens with zero attached hydrogens (tertiary/aromatic N) is 2. The molecule has 1 fully saturated rings. The van der Waals surface area contributed by atoms with E-state index in [1.807, 2.05) is 0 Å². The highest BCUT2D eigenvalue weighted by molar-refractivity contribution is 5.50. The molecule has 20 heavy (non-hydrogen) atoms. The lowest BCUT2D eigenvalue weighted by atomic mass is 10.1. The van der Waals surface area contributed by atoms with E-state index in [9.17, 15) is 5.11 Å². The third-order valence-electron chi connectivity index (χ3n) is 3.82. The Balaban J connectivity index is 2.05. The number of benzene rings is 1. The maximum absolute atomic E-state index is 9.94. The van der Waals surface area contributed by atoms with Crippen LogP contribution in [0.3, 0.4) is 0 Å². The fourth-order valence-corrected chi connectivity index (χ4v) is 2.88. The smallest absolute Gasteiger partial charge is 0.0735 e. The van der Waals surface area contributed by atoms with E-state index in [4.69, 9.17) is 0 Å². The Morgan fingerprint density at radius 1 is 1.30 bits per heavy atom. The first-order valence-electron chi connectivity index (χ1n) is 7.49. The molecule has 4 heteroatoms. The highest BCUT2D eigenvalue weighted by Crippen LogP contribution is 2.26. The topological polar surface area (TPSA) is 38.7 Å². The second-order valence-electron chi connectivity index (χ2n) is 5.90. The quantitative estimate of drug-likeness (QED) is 0.822. The maximum Gasteiger partial charge on any atom is 0.0735 e. The lowest BCUT2D eigenvalue weighted by Gasteiger charge is -2.28. The monoisotopic (exact) mass is 277 g/mol. The van der Waals surface area contributed by atoms with Crippen LogP contribution in [-0.2, 0) is 6.54 Å². The molecule has 2 rings (SSSR count). The fourth-order valence-electron chi connectivity index (χ4n) is 2.88. The zero-order valence-corrected chi connectivity index (χ0v) is 12.8. The van der Waals surface area contributed by atoms with E-state index < -0.39 is 0 Å². The van der Waals surface area contributed by atoms with Crippen LogP contribution in [0.2, 0.25) is 0 Å². The molecule has 1 aromatic carbocycles. The number of hydrogen-bond acceptors (Lipinski definition) is 4. The van der Waals surface area contributed by atoms with E-state index in [0.29, 0.717) is 6.04 Å². The van der Waals surface area contributed by atoms with Crippen LogP contribution in [0.4, 0.5) is 5.69 Å². The van der Waals surface area contributed by atoms with Crippen molar-refractivity contribution in [2.75, 3.05) is 38.6 Å². The van der Waals surface area contributed by atoms with E-state index in [1.165, 1.54) is 11.3 Å². The molecule has 0 aliphatic carbocycles. The first kappa shape index (κ1) is 15.3. The Hall–Kier alpha value is -1.10. The summed E-state index contributed by atoms with van der Waals surface area (Å²) >= 11 is 0. The molecule has 2 unspecified atom stereocenters. The fraction of sp³-hybridized carbons (Fsp3) is 0.625. The summed E-state index contributed by atoms with van der Waals surface area (Å²) in [5, 5.41) is 13.3. The van der Waals surface area contributed by atoms with Gasteiger partial charge in [-0.2, -0.15) is 0 Å². The van der Waals surface area contributed by atoms with Gasteiger partial charge < -0.3 is 20.2 Å². The van der Waals surface area contributed by atoms with Crippen molar-refractivity contribution in [3.63, 3.8) is 0 Å². The minimum absolute atomic E-state index is 0.207. The molecule has 1 aliphatic heterocycles. The molecule has 4 nitrogen and oxygen atoms in total. The van der Waals surface area contributed by atoms with Crippen molar-refractivity contribution in [2.45, 2.75) is 32.0 Å². The predicted molar refractivity (Wildman–Crippen MR) is 84.1 cm³/mol. The van der Waals surface area contributed by atoms with Crippen molar-refractivity contribution in [1.29, 1.82) is 0 Å². The van der Waals surface area contributed by atoms with Gasteiger partial charge in [0.25, 0.3) is 0 Å². The highest BCUT2D eigenvalue weighted by atomic mass is 16.3. The van der Waals surface area contributed by atoms with Gasteiger partial charge in [-0.1, -0.05) is 19.1 Å². The molecule has 0 radical (unpaired) electrons. The molecule has 0 bridgehead atoms. The van der Waals surface area contributed by atoms with Gasteiger partial charge >= 0.3 is 0 Å². The second kappa shape index (κ2) is 7.07. The number of β-amino-alcohol motifs (C(OH)–C–C–N with tert-alkyl or cyclic N) is 1. The summed E-state index contributed by atoms with van der Waals surface area (Å²) in [7, 11) is 4.17. The summed E-state index contributed by atoms with van der Waals surface area (Å²) in [5.74, 6) is 0. The second-order valence-corrected chi connectivity index (χ2v) is 5.90. The molecule has 2 N–H and O–H groups in total. The van der Waals surface area contributed by atoms with E-state index in [-0.39, 0.29) is 6.10 Å². The average Bonchev–Trinajstić information content (AvgIpc) is 2.77. The van der Waals surface area contributed by atoms with Crippen molar-refractivity contribution >= 4 is 5.69 Å². The van der Waals surface area contributed by atoms with Gasteiger partial charge in [-0.3, -0.25) is 0 Å². The maximum atomic E-state index is 9.94. The van der Waals surface area contributed by atoms with Crippen molar-refractivity contribution in [2.24, 2.45) is 0 Å². The van der Waals surface area contributed by atoms with E-state index in [1.54, 1.807) is 0 Å². The van der Waals surface area contributed by atoms with Crippen LogP contribution in [0.1, 0.15) is 18.9 Å². The Morgan fingerprint density at radius 2 is 2.00 bits per heavy atom. The molecule has 1 saturated heterocycles. The van der Waals surface area contributed by atoms with Crippen LogP contribution >= 0.6 is 0 Å². The zero-order valence-electron chi connectivity index (χ0n) is 12.8. The molecule has 2 atom stereocenters. The van der Waals surface area contributed by atoms with Crippen molar-refractivity contribution in [1.82, 2.24) is 10.2 Å². The Bertz CT molecular complexity index is 405. The molecule has 0 saturated carbocycles. The lowest BCUT2D eigenvalue weighted by Crippen LogP contribution is -2.37. The molecule has 112 valence electrons. The number of aliphatic hydroxyl groups is 1. The van der Waals surface area contributed by atoms with Crippen LogP contribution in [0.15, 0.2) is 24.3 Å². The first-order chi connectivity index (χ1) is 9.60. The summed E-state index contributed by atoms with van der Waals surface area (Å²) in [4.78, 5) is 4.52. The number of anilines is 1. The number of likely N-dealkylation sites (N-methyl/N-ethyl adjacent to an activating group) is 1. The molecule has 0 amide bonds. The molecule has 1 aromatic rings. The number of hydrogen-bond donors (Lipinski definition) is 2. The van der Waals surface area contributed by atoms with Gasteiger partial charge in [-0.15, -0.1) is 0 Å². The van der Waals surface area contributed by atoms with Gasteiger partial charge in [-0.05, 0) is 44.8 Å². The number of nitrogens with one attached hydrogen (secondary N) is 1. The average molecular weight is 277 g/mol. The van der Waals surface area contributed by atoms with Crippen molar-refractivity contribution < 1.29 is 5.11 Å². The van der Waals surface area contributed by atoms with Gasteiger partial charge in [0.2, 0.25) is 0 Å². The van der Waals surface area contributed by atoms with Gasteiger partial charge in [0.15, 0.2) is 0 Å². The highest BCUT2D eigenvalue weighted by Gasteiger charge is 2.31. The van der Waals surface area contributed by atoms with Crippen LogP contribution in [-0.4, -0.2) is 55.9 Å². The predicted octanol–water partition coefficient (Wildman–Crippen LogP) is 1.30. The molecular formula is C16H27N3O. The first-order valence-corrected chi connectivity index (χ1v) is 7.49. The van der Waals surface area contributed by atoms with E-state index in [0.717, 1.165) is 32.6 Å². The van der Waals surface area contributed by atoms with E-state index in [2.05, 4.69) is 60.4 Å². The summed E-state index contributed by atoms with van der Waals surface area (Å²) in [5.41, 5.74) is 2.52. The summed E-state index contributed by atoms with van der Waals surface area (Å²) in [6, 6.07) is 9.10.